The van der Waals surface area contributed by atoms with Gasteiger partial charge in [-0.3, -0.25) is 0 Å². The van der Waals surface area contributed by atoms with Gasteiger partial charge in [-0.05, 0) is 54.4 Å². The molecule has 0 amide bonds. The van der Waals surface area contributed by atoms with Gasteiger partial charge in [0.15, 0.2) is 0 Å². The summed E-state index contributed by atoms with van der Waals surface area (Å²) in [4.78, 5) is 4.97. The fourth-order valence-corrected chi connectivity index (χ4v) is 3.81. The first-order valence-corrected chi connectivity index (χ1v) is 10.1. The molecule has 2 atom stereocenters. The Morgan fingerprint density at radius 1 is 0.964 bits per heavy atom. The van der Waals surface area contributed by atoms with E-state index in [9.17, 15) is 0 Å². The lowest BCUT2D eigenvalue weighted by molar-refractivity contribution is 0.0411. The molecule has 142 valence electrons. The maximum Gasteiger partial charge on any atom is 0.217 e. The van der Waals surface area contributed by atoms with Crippen LogP contribution in [0.5, 0.6) is 5.75 Å². The van der Waals surface area contributed by atoms with E-state index >= 15 is 0 Å². The van der Waals surface area contributed by atoms with Crippen LogP contribution in [0.2, 0.25) is 0 Å². The Balaban J connectivity index is 1.77. The Hall–Kier alpha value is -2.59. The average molecular weight is 436 g/mol. The zero-order valence-electron chi connectivity index (χ0n) is 15.9. The van der Waals surface area contributed by atoms with Crippen molar-refractivity contribution in [2.75, 3.05) is 7.11 Å². The second kappa shape index (κ2) is 7.80. The normalized spacial score (nSPS) is 21.5. The Labute approximate surface area is 174 Å². The maximum absolute atomic E-state index is 6.49. The summed E-state index contributed by atoms with van der Waals surface area (Å²) in [5.41, 5.74) is 2.82. The minimum atomic E-state index is -0.462. The van der Waals surface area contributed by atoms with E-state index < -0.39 is 5.60 Å². The molecule has 28 heavy (non-hydrogen) atoms. The van der Waals surface area contributed by atoms with Crippen LogP contribution in [0.25, 0.3) is 0 Å². The number of benzene rings is 3. The lowest BCUT2D eigenvalue weighted by atomic mass is 9.85. The highest BCUT2D eigenvalue weighted by atomic mass is 79.9. The summed E-state index contributed by atoms with van der Waals surface area (Å²) in [7, 11) is 1.67. The van der Waals surface area contributed by atoms with Gasteiger partial charge in [0.25, 0.3) is 0 Å². The standard InChI is InChI=1S/C24H22BrNO2/c1-24(19-6-4-3-5-7-19)16-22(17-8-12-20(25)13-9-17)26-23(28-24)18-10-14-21(27-2)15-11-18/h3-15,22H,16H2,1-2H3/t22-,24-/m0/s1. The highest BCUT2D eigenvalue weighted by molar-refractivity contribution is 9.10. The molecule has 3 aromatic carbocycles. The van der Waals surface area contributed by atoms with Crippen LogP contribution >= 0.6 is 15.9 Å². The summed E-state index contributed by atoms with van der Waals surface area (Å²) in [6.45, 7) is 2.15. The first-order valence-electron chi connectivity index (χ1n) is 9.30. The Morgan fingerprint density at radius 3 is 2.29 bits per heavy atom. The molecule has 0 aromatic heterocycles. The van der Waals surface area contributed by atoms with Crippen LogP contribution < -0.4 is 4.74 Å². The van der Waals surface area contributed by atoms with Crippen LogP contribution in [0.1, 0.15) is 36.1 Å². The third-order valence-corrected chi connectivity index (χ3v) is 5.68. The fraction of sp³-hybridized carbons (Fsp3) is 0.208. The summed E-state index contributed by atoms with van der Waals surface area (Å²) < 4.78 is 12.8. The van der Waals surface area contributed by atoms with Gasteiger partial charge in [-0.25, -0.2) is 4.99 Å². The van der Waals surface area contributed by atoms with E-state index in [1.807, 2.05) is 30.3 Å². The molecule has 3 nitrogen and oxygen atoms in total. The van der Waals surface area contributed by atoms with E-state index in [4.69, 9.17) is 14.5 Å². The van der Waals surface area contributed by atoms with Gasteiger partial charge >= 0.3 is 0 Å². The van der Waals surface area contributed by atoms with Gasteiger partial charge < -0.3 is 9.47 Å². The molecule has 4 heteroatoms. The monoisotopic (exact) mass is 435 g/mol. The molecule has 0 unspecified atom stereocenters. The lowest BCUT2D eigenvalue weighted by Crippen LogP contribution is -2.35. The molecule has 1 aliphatic rings. The molecule has 0 N–H and O–H groups in total. The predicted octanol–water partition coefficient (Wildman–Crippen LogP) is 6.28. The van der Waals surface area contributed by atoms with E-state index in [1.54, 1.807) is 7.11 Å². The topological polar surface area (TPSA) is 30.8 Å². The van der Waals surface area contributed by atoms with Crippen LogP contribution in [-0.4, -0.2) is 13.0 Å². The summed E-state index contributed by atoms with van der Waals surface area (Å²) in [5.74, 6) is 1.48. The predicted molar refractivity (Wildman–Crippen MR) is 116 cm³/mol. The summed E-state index contributed by atoms with van der Waals surface area (Å²) in [6, 6.07) is 26.6. The summed E-state index contributed by atoms with van der Waals surface area (Å²) in [5, 5.41) is 0. The Kier molecular flexibility index (Phi) is 5.23. The smallest absolute Gasteiger partial charge is 0.217 e. The Morgan fingerprint density at radius 2 is 1.64 bits per heavy atom. The van der Waals surface area contributed by atoms with Crippen LogP contribution in [0.15, 0.2) is 88.3 Å². The number of methoxy groups -OCH3 is 1. The van der Waals surface area contributed by atoms with Crippen molar-refractivity contribution in [2.45, 2.75) is 25.0 Å². The van der Waals surface area contributed by atoms with Crippen molar-refractivity contribution in [3.63, 3.8) is 0 Å². The highest BCUT2D eigenvalue weighted by Gasteiger charge is 2.38. The molecule has 0 aliphatic carbocycles. The van der Waals surface area contributed by atoms with Gasteiger partial charge in [0.1, 0.15) is 11.4 Å². The SMILES string of the molecule is COc1ccc(C2=N[C@H](c3ccc(Br)cc3)C[C@@](C)(c3ccccc3)O2)cc1. The number of ether oxygens (including phenoxy) is 2. The highest BCUT2D eigenvalue weighted by Crippen LogP contribution is 2.42. The van der Waals surface area contributed by atoms with Crippen LogP contribution in [0, 0.1) is 0 Å². The Bertz CT molecular complexity index is 968. The fourth-order valence-electron chi connectivity index (χ4n) is 3.55. The molecular formula is C24H22BrNO2. The van der Waals surface area contributed by atoms with Crippen molar-refractivity contribution in [3.8, 4) is 5.75 Å². The minimum Gasteiger partial charge on any atom is -0.497 e. The number of hydrogen-bond acceptors (Lipinski definition) is 3. The number of aliphatic imine (C=N–C) groups is 1. The van der Waals surface area contributed by atoms with Gasteiger partial charge in [0, 0.05) is 16.5 Å². The maximum atomic E-state index is 6.49. The van der Waals surface area contributed by atoms with Crippen molar-refractivity contribution in [1.29, 1.82) is 0 Å². The van der Waals surface area contributed by atoms with Crippen LogP contribution in [0.3, 0.4) is 0 Å². The summed E-state index contributed by atoms with van der Waals surface area (Å²) in [6.07, 6.45) is 0.776. The zero-order valence-corrected chi connectivity index (χ0v) is 17.5. The van der Waals surface area contributed by atoms with Crippen molar-refractivity contribution in [2.24, 2.45) is 4.99 Å². The molecule has 3 aromatic rings. The molecule has 0 saturated carbocycles. The molecule has 0 fully saturated rings. The summed E-state index contributed by atoms with van der Waals surface area (Å²) >= 11 is 3.52. The first-order chi connectivity index (χ1) is 13.6. The van der Waals surface area contributed by atoms with Gasteiger partial charge in [0.05, 0.1) is 13.2 Å². The van der Waals surface area contributed by atoms with E-state index in [0.29, 0.717) is 5.90 Å². The van der Waals surface area contributed by atoms with Crippen molar-refractivity contribution in [3.05, 3.63) is 100 Å². The zero-order chi connectivity index (χ0) is 19.6. The third-order valence-electron chi connectivity index (χ3n) is 5.15. The van der Waals surface area contributed by atoms with Crippen molar-refractivity contribution < 1.29 is 9.47 Å². The second-order valence-corrected chi connectivity index (χ2v) is 8.05. The van der Waals surface area contributed by atoms with Crippen molar-refractivity contribution in [1.82, 2.24) is 0 Å². The largest absolute Gasteiger partial charge is 0.497 e. The second-order valence-electron chi connectivity index (χ2n) is 7.13. The number of halogens is 1. The molecule has 0 spiro atoms. The van der Waals surface area contributed by atoms with E-state index in [2.05, 4.69) is 71.4 Å². The molecule has 0 bridgehead atoms. The number of hydrogen-bond donors (Lipinski definition) is 0. The van der Waals surface area contributed by atoms with E-state index in [-0.39, 0.29) is 6.04 Å². The molecule has 0 saturated heterocycles. The van der Waals surface area contributed by atoms with Gasteiger partial charge in [-0.2, -0.15) is 0 Å². The molecular weight excluding hydrogens is 414 g/mol. The third kappa shape index (κ3) is 3.83. The number of nitrogens with zero attached hydrogens (tertiary/aromatic N) is 1. The molecule has 4 rings (SSSR count). The van der Waals surface area contributed by atoms with E-state index in [0.717, 1.165) is 27.8 Å². The lowest BCUT2D eigenvalue weighted by Gasteiger charge is -2.38. The molecule has 1 aliphatic heterocycles. The van der Waals surface area contributed by atoms with E-state index in [1.165, 1.54) is 5.56 Å². The number of rotatable bonds is 4. The van der Waals surface area contributed by atoms with Gasteiger partial charge in [-0.15, -0.1) is 0 Å². The van der Waals surface area contributed by atoms with Crippen molar-refractivity contribution >= 4 is 21.8 Å². The molecule has 0 radical (unpaired) electrons. The first kappa shape index (κ1) is 18.8. The van der Waals surface area contributed by atoms with Gasteiger partial charge in [-0.1, -0.05) is 58.4 Å². The minimum absolute atomic E-state index is 0.0177. The van der Waals surface area contributed by atoms with Gasteiger partial charge in [0.2, 0.25) is 5.90 Å². The van der Waals surface area contributed by atoms with Crippen LogP contribution in [-0.2, 0) is 10.3 Å². The molecule has 1 heterocycles. The van der Waals surface area contributed by atoms with Crippen LogP contribution in [0.4, 0.5) is 0 Å². The average Bonchev–Trinajstić information content (AvgIpc) is 2.74. The quantitative estimate of drug-likeness (QED) is 0.482.